The monoisotopic (exact) mass is 483 g/mol. The first-order valence-electron chi connectivity index (χ1n) is 11.0. The number of benzene rings is 2. The standard InChI is InChI=1S/C24H25N3O8/c1-14(28)21-19-11-20(29)24(26(19)22(21)30,13-25-16-5-9-18(34-2)10-6-16)23(31)35-12-15-3-7-17(8-4-15)27(32)33/h3-10,14,19,21,25,28H,11-13H2,1-2H3/t14-,19-,21-,24+/m1/s1. The predicted molar refractivity (Wildman–Crippen MR) is 123 cm³/mol. The van der Waals surface area contributed by atoms with Crippen molar-refractivity contribution in [2.75, 3.05) is 19.0 Å². The number of carbonyl (C=O) groups is 3. The average Bonchev–Trinajstić information content (AvgIpc) is 3.09. The third kappa shape index (κ3) is 4.18. The van der Waals surface area contributed by atoms with Gasteiger partial charge in [-0.15, -0.1) is 0 Å². The van der Waals surface area contributed by atoms with E-state index in [-0.39, 0.29) is 25.3 Å². The fourth-order valence-electron chi connectivity index (χ4n) is 4.67. The average molecular weight is 483 g/mol. The molecule has 2 saturated heterocycles. The number of nitro benzene ring substituents is 1. The van der Waals surface area contributed by atoms with Crippen LogP contribution in [0.15, 0.2) is 48.5 Å². The maximum atomic E-state index is 13.4. The third-order valence-corrected chi connectivity index (χ3v) is 6.55. The summed E-state index contributed by atoms with van der Waals surface area (Å²) in [7, 11) is 1.53. The van der Waals surface area contributed by atoms with Crippen LogP contribution in [0.1, 0.15) is 18.9 Å². The van der Waals surface area contributed by atoms with Crippen LogP contribution in [0.3, 0.4) is 0 Å². The van der Waals surface area contributed by atoms with Crippen molar-refractivity contribution in [2.45, 2.75) is 37.6 Å². The lowest BCUT2D eigenvalue weighted by atomic mass is 9.83. The fraction of sp³-hybridized carbons (Fsp3) is 0.375. The molecule has 0 unspecified atom stereocenters. The number of rotatable bonds is 9. The van der Waals surface area contributed by atoms with Crippen molar-refractivity contribution >= 4 is 29.0 Å². The van der Waals surface area contributed by atoms with Crippen LogP contribution in [0.2, 0.25) is 0 Å². The van der Waals surface area contributed by atoms with E-state index in [0.717, 1.165) is 0 Å². The van der Waals surface area contributed by atoms with Crippen molar-refractivity contribution in [3.8, 4) is 5.75 Å². The largest absolute Gasteiger partial charge is 0.497 e. The van der Waals surface area contributed by atoms with E-state index < -0.39 is 46.2 Å². The van der Waals surface area contributed by atoms with Crippen LogP contribution < -0.4 is 10.1 Å². The number of methoxy groups -OCH3 is 1. The summed E-state index contributed by atoms with van der Waals surface area (Å²) in [5.74, 6) is -2.00. The second kappa shape index (κ2) is 9.34. The Morgan fingerprint density at radius 2 is 1.89 bits per heavy atom. The number of aliphatic hydroxyl groups excluding tert-OH is 1. The number of nitro groups is 1. The molecule has 184 valence electrons. The number of Topliss-reactive ketones (excluding diaryl/α,β-unsaturated/α-hetero) is 1. The minimum Gasteiger partial charge on any atom is -0.497 e. The van der Waals surface area contributed by atoms with E-state index in [1.54, 1.807) is 24.3 Å². The fourth-order valence-corrected chi connectivity index (χ4v) is 4.67. The topological polar surface area (TPSA) is 148 Å². The number of fused-ring (bicyclic) bond motifs is 1. The van der Waals surface area contributed by atoms with Gasteiger partial charge in [0.1, 0.15) is 12.4 Å². The molecule has 35 heavy (non-hydrogen) atoms. The number of non-ortho nitro benzene ring substituents is 1. The van der Waals surface area contributed by atoms with Gasteiger partial charge in [-0.2, -0.15) is 0 Å². The molecule has 0 bridgehead atoms. The molecule has 1 amide bonds. The third-order valence-electron chi connectivity index (χ3n) is 6.55. The Bertz CT molecular complexity index is 1150. The molecule has 4 atom stereocenters. The number of ether oxygens (including phenoxy) is 2. The van der Waals surface area contributed by atoms with Gasteiger partial charge in [-0.3, -0.25) is 19.7 Å². The molecular weight excluding hydrogens is 458 g/mol. The Labute approximate surface area is 200 Å². The van der Waals surface area contributed by atoms with Gasteiger partial charge in [-0.1, -0.05) is 0 Å². The molecule has 11 heteroatoms. The van der Waals surface area contributed by atoms with E-state index in [1.807, 2.05) is 0 Å². The number of nitrogens with zero attached hydrogens (tertiary/aromatic N) is 2. The summed E-state index contributed by atoms with van der Waals surface area (Å²) in [5.41, 5.74) is -0.913. The summed E-state index contributed by atoms with van der Waals surface area (Å²) in [4.78, 5) is 51.1. The molecule has 2 aliphatic rings. The van der Waals surface area contributed by atoms with Crippen molar-refractivity contribution in [1.29, 1.82) is 0 Å². The molecule has 2 aliphatic heterocycles. The summed E-state index contributed by atoms with van der Waals surface area (Å²) >= 11 is 0. The van der Waals surface area contributed by atoms with Gasteiger partial charge in [0.2, 0.25) is 11.4 Å². The molecule has 0 aliphatic carbocycles. The maximum Gasteiger partial charge on any atom is 0.342 e. The molecular formula is C24H25N3O8. The highest BCUT2D eigenvalue weighted by atomic mass is 16.6. The van der Waals surface area contributed by atoms with Crippen LogP contribution in [0.25, 0.3) is 0 Å². The molecule has 4 rings (SSSR count). The lowest BCUT2D eigenvalue weighted by molar-refractivity contribution is -0.384. The van der Waals surface area contributed by atoms with Crippen LogP contribution in [0.5, 0.6) is 5.75 Å². The number of hydrogen-bond acceptors (Lipinski definition) is 9. The number of hydrogen-bond donors (Lipinski definition) is 2. The summed E-state index contributed by atoms with van der Waals surface area (Å²) in [6.45, 7) is 1.03. The summed E-state index contributed by atoms with van der Waals surface area (Å²) in [6, 6.07) is 11.7. The van der Waals surface area contributed by atoms with Crippen molar-refractivity contribution in [3.63, 3.8) is 0 Å². The molecule has 2 aromatic carbocycles. The smallest absolute Gasteiger partial charge is 0.342 e. The van der Waals surface area contributed by atoms with Crippen LogP contribution in [0.4, 0.5) is 11.4 Å². The second-order valence-corrected chi connectivity index (χ2v) is 8.61. The van der Waals surface area contributed by atoms with Crippen LogP contribution in [0, 0.1) is 16.0 Å². The number of nitrogens with one attached hydrogen (secondary N) is 1. The Morgan fingerprint density at radius 1 is 1.23 bits per heavy atom. The van der Waals surface area contributed by atoms with E-state index >= 15 is 0 Å². The number of carbonyl (C=O) groups excluding carboxylic acids is 3. The van der Waals surface area contributed by atoms with Crippen molar-refractivity contribution in [1.82, 2.24) is 4.90 Å². The minimum atomic E-state index is -1.89. The number of ketones is 1. The van der Waals surface area contributed by atoms with E-state index in [0.29, 0.717) is 17.0 Å². The highest BCUT2D eigenvalue weighted by molar-refractivity contribution is 6.16. The molecule has 0 spiro atoms. The highest BCUT2D eigenvalue weighted by Gasteiger charge is 2.70. The van der Waals surface area contributed by atoms with E-state index in [2.05, 4.69) is 5.32 Å². The van der Waals surface area contributed by atoms with E-state index in [9.17, 15) is 29.6 Å². The summed E-state index contributed by atoms with van der Waals surface area (Å²) in [6.07, 6.45) is -1.03. The first-order valence-corrected chi connectivity index (χ1v) is 11.0. The van der Waals surface area contributed by atoms with E-state index in [4.69, 9.17) is 9.47 Å². The predicted octanol–water partition coefficient (Wildman–Crippen LogP) is 1.68. The van der Waals surface area contributed by atoms with Crippen LogP contribution in [-0.4, -0.2) is 63.9 Å². The lowest BCUT2D eigenvalue weighted by Gasteiger charge is -2.49. The molecule has 2 aromatic rings. The van der Waals surface area contributed by atoms with Crippen molar-refractivity contribution in [3.05, 3.63) is 64.2 Å². The Balaban J connectivity index is 1.57. The minimum absolute atomic E-state index is 0.0712. The highest BCUT2D eigenvalue weighted by Crippen LogP contribution is 2.46. The zero-order valence-corrected chi connectivity index (χ0v) is 19.2. The van der Waals surface area contributed by atoms with Crippen molar-refractivity contribution < 1.29 is 33.9 Å². The molecule has 11 nitrogen and oxygen atoms in total. The molecule has 0 saturated carbocycles. The van der Waals surface area contributed by atoms with Gasteiger partial charge < -0.3 is 24.8 Å². The van der Waals surface area contributed by atoms with Gasteiger partial charge in [-0.05, 0) is 48.9 Å². The number of anilines is 1. The molecule has 0 radical (unpaired) electrons. The maximum absolute atomic E-state index is 13.4. The molecule has 0 aromatic heterocycles. The Morgan fingerprint density at radius 3 is 2.46 bits per heavy atom. The van der Waals surface area contributed by atoms with Gasteiger partial charge in [0.15, 0.2) is 5.78 Å². The lowest BCUT2D eigenvalue weighted by Crippen LogP contribution is -2.72. The van der Waals surface area contributed by atoms with Gasteiger partial charge >= 0.3 is 5.97 Å². The zero-order chi connectivity index (χ0) is 25.3. The summed E-state index contributed by atoms with van der Waals surface area (Å²) in [5, 5.41) is 23.9. The van der Waals surface area contributed by atoms with E-state index in [1.165, 1.54) is 43.2 Å². The van der Waals surface area contributed by atoms with Crippen LogP contribution >= 0.6 is 0 Å². The molecule has 2 heterocycles. The number of aliphatic hydroxyl groups is 1. The number of β-lactam (4-membered cyclic amide) rings is 1. The van der Waals surface area contributed by atoms with Gasteiger partial charge in [0.25, 0.3) is 5.69 Å². The Kier molecular flexibility index (Phi) is 6.44. The van der Waals surface area contributed by atoms with Crippen molar-refractivity contribution in [2.24, 2.45) is 5.92 Å². The van der Waals surface area contributed by atoms with Crippen LogP contribution in [-0.2, 0) is 25.7 Å². The van der Waals surface area contributed by atoms with Gasteiger partial charge in [0.05, 0.1) is 36.6 Å². The quantitative estimate of drug-likeness (QED) is 0.179. The zero-order valence-electron chi connectivity index (χ0n) is 19.2. The van der Waals surface area contributed by atoms with Gasteiger partial charge in [0, 0.05) is 24.2 Å². The number of amides is 1. The normalized spacial score (nSPS) is 23.8. The summed E-state index contributed by atoms with van der Waals surface area (Å²) < 4.78 is 10.6. The van der Waals surface area contributed by atoms with Gasteiger partial charge in [-0.25, -0.2) is 4.79 Å². The first-order chi connectivity index (χ1) is 16.7. The second-order valence-electron chi connectivity index (χ2n) is 8.61. The molecule has 2 fully saturated rings. The molecule has 2 N–H and O–H groups in total. The number of esters is 1. The SMILES string of the molecule is COc1ccc(NC[C@@]2(C(=O)OCc3ccc([N+](=O)[O-])cc3)C(=O)C[C@@H]3[C@@H]([C@@H](C)O)C(=O)N32)cc1. The Hall–Kier alpha value is -3.99. The first kappa shape index (κ1) is 24.1.